The Labute approximate surface area is 117 Å². The fraction of sp³-hybridized carbons (Fsp3) is 0.647. The maximum absolute atomic E-state index is 3.61. The summed E-state index contributed by atoms with van der Waals surface area (Å²) in [7, 11) is 0. The van der Waals surface area contributed by atoms with E-state index in [4.69, 9.17) is 0 Å². The molecule has 3 rings (SSSR count). The van der Waals surface area contributed by atoms with Gasteiger partial charge in [0.25, 0.3) is 0 Å². The predicted octanol–water partition coefficient (Wildman–Crippen LogP) is 2.97. The van der Waals surface area contributed by atoms with Crippen LogP contribution in [0.1, 0.15) is 43.7 Å². The Morgan fingerprint density at radius 3 is 2.58 bits per heavy atom. The largest absolute Gasteiger partial charge is 0.314 e. The smallest absolute Gasteiger partial charge is 0.0239 e. The minimum Gasteiger partial charge on any atom is -0.314 e. The van der Waals surface area contributed by atoms with Gasteiger partial charge in [0.1, 0.15) is 0 Å². The zero-order chi connectivity index (χ0) is 13.1. The zero-order valence-corrected chi connectivity index (χ0v) is 12.1. The molecule has 0 radical (unpaired) electrons. The molecule has 1 N–H and O–H groups in total. The molecule has 0 unspecified atom stereocenters. The molecule has 1 aromatic carbocycles. The van der Waals surface area contributed by atoms with Crippen molar-refractivity contribution in [2.24, 2.45) is 0 Å². The molecule has 1 fully saturated rings. The van der Waals surface area contributed by atoms with Crippen LogP contribution in [-0.2, 0) is 13.0 Å². The second kappa shape index (κ2) is 6.06. The Morgan fingerprint density at radius 1 is 1.11 bits per heavy atom. The van der Waals surface area contributed by atoms with Crippen molar-refractivity contribution in [3.63, 3.8) is 0 Å². The Kier molecular flexibility index (Phi) is 4.19. The van der Waals surface area contributed by atoms with Crippen LogP contribution in [0.2, 0.25) is 0 Å². The molecule has 2 aliphatic rings. The Bertz CT molecular complexity index is 407. The van der Waals surface area contributed by atoms with E-state index >= 15 is 0 Å². The minimum atomic E-state index is 0.776. The highest BCUT2D eigenvalue weighted by Gasteiger charge is 2.27. The van der Waals surface area contributed by atoms with Gasteiger partial charge in [-0.25, -0.2) is 0 Å². The first kappa shape index (κ1) is 13.1. The van der Waals surface area contributed by atoms with Gasteiger partial charge in [-0.3, -0.25) is 4.90 Å². The van der Waals surface area contributed by atoms with Crippen LogP contribution >= 0.6 is 0 Å². The molecule has 0 bridgehead atoms. The highest BCUT2D eigenvalue weighted by atomic mass is 15.2. The first-order valence-electron chi connectivity index (χ1n) is 7.91. The molecule has 0 aromatic heterocycles. The fourth-order valence-corrected chi connectivity index (χ4v) is 3.76. The van der Waals surface area contributed by atoms with Crippen LogP contribution in [0.25, 0.3) is 0 Å². The van der Waals surface area contributed by atoms with Gasteiger partial charge >= 0.3 is 0 Å². The normalized spacial score (nSPS) is 28.1. The van der Waals surface area contributed by atoms with Crippen LogP contribution < -0.4 is 5.32 Å². The van der Waals surface area contributed by atoms with E-state index in [1.165, 1.54) is 45.2 Å². The number of fused-ring (bicyclic) bond motifs is 1. The maximum Gasteiger partial charge on any atom is 0.0239 e. The van der Waals surface area contributed by atoms with Gasteiger partial charge < -0.3 is 5.32 Å². The lowest BCUT2D eigenvalue weighted by molar-refractivity contribution is 0.130. The van der Waals surface area contributed by atoms with Crippen molar-refractivity contribution in [1.29, 1.82) is 0 Å². The first-order valence-corrected chi connectivity index (χ1v) is 7.91. The van der Waals surface area contributed by atoms with Gasteiger partial charge in [0.05, 0.1) is 0 Å². The highest BCUT2D eigenvalue weighted by Crippen LogP contribution is 2.28. The number of hydrogen-bond acceptors (Lipinski definition) is 2. The number of hydrogen-bond donors (Lipinski definition) is 1. The summed E-state index contributed by atoms with van der Waals surface area (Å²) in [5.41, 5.74) is 3.13. The molecule has 1 aliphatic carbocycles. The molecule has 1 saturated carbocycles. The van der Waals surface area contributed by atoms with Crippen LogP contribution in [-0.4, -0.2) is 30.1 Å². The summed E-state index contributed by atoms with van der Waals surface area (Å²) < 4.78 is 0. The van der Waals surface area contributed by atoms with Gasteiger partial charge in [-0.05, 0) is 49.8 Å². The lowest BCUT2D eigenvalue weighted by Crippen LogP contribution is -2.44. The van der Waals surface area contributed by atoms with Crippen molar-refractivity contribution in [1.82, 2.24) is 10.2 Å². The molecule has 104 valence electrons. The quantitative estimate of drug-likeness (QED) is 0.896. The second-order valence-corrected chi connectivity index (χ2v) is 6.05. The van der Waals surface area contributed by atoms with E-state index in [9.17, 15) is 0 Å². The number of nitrogens with zero attached hydrogens (tertiary/aromatic N) is 1. The van der Waals surface area contributed by atoms with Crippen LogP contribution in [0.5, 0.6) is 0 Å². The Hall–Kier alpha value is -0.860. The van der Waals surface area contributed by atoms with Crippen molar-refractivity contribution in [3.05, 3.63) is 35.4 Å². The molecule has 19 heavy (non-hydrogen) atoms. The zero-order valence-electron chi connectivity index (χ0n) is 12.1. The molecule has 2 nitrogen and oxygen atoms in total. The molecule has 1 heterocycles. The second-order valence-electron chi connectivity index (χ2n) is 6.05. The fourth-order valence-electron chi connectivity index (χ4n) is 3.76. The summed E-state index contributed by atoms with van der Waals surface area (Å²) in [6, 6.07) is 10.6. The van der Waals surface area contributed by atoms with E-state index in [0.717, 1.165) is 18.6 Å². The molecular formula is C17H26N2. The standard InChI is InChI=1S/C17H26N2/c1-2-18-16-7-9-17(10-8-16)19-12-11-14-5-3-4-6-15(14)13-19/h3-6,16-18H,2,7-13H2,1H3. The number of benzene rings is 1. The molecule has 1 aliphatic heterocycles. The van der Waals surface area contributed by atoms with Crippen LogP contribution in [0.15, 0.2) is 24.3 Å². The summed E-state index contributed by atoms with van der Waals surface area (Å²) in [5, 5.41) is 3.61. The number of rotatable bonds is 3. The molecule has 0 spiro atoms. The predicted molar refractivity (Wildman–Crippen MR) is 80.3 cm³/mol. The monoisotopic (exact) mass is 258 g/mol. The lowest BCUT2D eigenvalue weighted by Gasteiger charge is -2.39. The summed E-state index contributed by atoms with van der Waals surface area (Å²) in [6.45, 7) is 5.76. The van der Waals surface area contributed by atoms with Crippen LogP contribution in [0, 0.1) is 0 Å². The maximum atomic E-state index is 3.61. The summed E-state index contributed by atoms with van der Waals surface area (Å²) in [6.07, 6.45) is 6.70. The molecular weight excluding hydrogens is 232 g/mol. The van der Waals surface area contributed by atoms with E-state index in [1.807, 2.05) is 0 Å². The molecule has 1 aromatic rings. The number of nitrogens with one attached hydrogen (secondary N) is 1. The molecule has 0 atom stereocenters. The van der Waals surface area contributed by atoms with Crippen molar-refractivity contribution in [2.75, 3.05) is 13.1 Å². The lowest BCUT2D eigenvalue weighted by atomic mass is 9.88. The van der Waals surface area contributed by atoms with E-state index in [0.29, 0.717) is 0 Å². The summed E-state index contributed by atoms with van der Waals surface area (Å²) in [4.78, 5) is 2.73. The molecule has 0 saturated heterocycles. The van der Waals surface area contributed by atoms with E-state index < -0.39 is 0 Å². The average molecular weight is 258 g/mol. The minimum absolute atomic E-state index is 0.776. The third kappa shape index (κ3) is 3.01. The Balaban J connectivity index is 1.57. The van der Waals surface area contributed by atoms with Crippen molar-refractivity contribution < 1.29 is 0 Å². The van der Waals surface area contributed by atoms with Crippen LogP contribution in [0.4, 0.5) is 0 Å². The van der Waals surface area contributed by atoms with Gasteiger partial charge in [-0.2, -0.15) is 0 Å². The van der Waals surface area contributed by atoms with Gasteiger partial charge in [0, 0.05) is 25.2 Å². The van der Waals surface area contributed by atoms with Crippen LogP contribution in [0.3, 0.4) is 0 Å². The van der Waals surface area contributed by atoms with Gasteiger partial charge in [-0.1, -0.05) is 31.2 Å². The van der Waals surface area contributed by atoms with Crippen molar-refractivity contribution in [3.8, 4) is 0 Å². The van der Waals surface area contributed by atoms with Gasteiger partial charge in [-0.15, -0.1) is 0 Å². The average Bonchev–Trinajstić information content (AvgIpc) is 2.48. The van der Waals surface area contributed by atoms with E-state index in [1.54, 1.807) is 11.1 Å². The molecule has 0 amide bonds. The SMILES string of the molecule is CCNC1CCC(N2CCc3ccccc3C2)CC1. The Morgan fingerprint density at radius 2 is 1.84 bits per heavy atom. The van der Waals surface area contributed by atoms with Crippen molar-refractivity contribution >= 4 is 0 Å². The highest BCUT2D eigenvalue weighted by molar-refractivity contribution is 5.29. The first-order chi connectivity index (χ1) is 9.36. The van der Waals surface area contributed by atoms with E-state index in [-0.39, 0.29) is 0 Å². The summed E-state index contributed by atoms with van der Waals surface area (Å²) >= 11 is 0. The molecule has 2 heteroatoms. The topological polar surface area (TPSA) is 15.3 Å². The third-order valence-corrected chi connectivity index (χ3v) is 4.87. The van der Waals surface area contributed by atoms with Gasteiger partial charge in [0.2, 0.25) is 0 Å². The van der Waals surface area contributed by atoms with Gasteiger partial charge in [0.15, 0.2) is 0 Å². The van der Waals surface area contributed by atoms with Crippen molar-refractivity contribution in [2.45, 2.75) is 57.7 Å². The van der Waals surface area contributed by atoms with E-state index in [2.05, 4.69) is 41.4 Å². The summed E-state index contributed by atoms with van der Waals surface area (Å²) in [5.74, 6) is 0. The third-order valence-electron chi connectivity index (χ3n) is 4.87.